The molecule has 0 bridgehead atoms. The molecule has 4 rings (SSSR count). The van der Waals surface area contributed by atoms with Gasteiger partial charge < -0.3 is 5.32 Å². The number of benzene rings is 4. The second-order valence-corrected chi connectivity index (χ2v) is 8.54. The topological polar surface area (TPSA) is 29.1 Å². The van der Waals surface area contributed by atoms with Crippen LogP contribution in [0, 0.1) is 0 Å². The molecule has 0 saturated carbocycles. The van der Waals surface area contributed by atoms with Crippen molar-refractivity contribution in [1.29, 1.82) is 0 Å². The van der Waals surface area contributed by atoms with Crippen molar-refractivity contribution in [3.05, 3.63) is 143 Å². The van der Waals surface area contributed by atoms with E-state index in [1.165, 1.54) is 36.4 Å². The molecule has 0 radical (unpaired) electrons. The molecule has 2 nitrogen and oxygen atoms in total. The zero-order chi connectivity index (χ0) is 26.7. The Morgan fingerprint density at radius 1 is 0.568 bits per heavy atom. The molecule has 0 atom stereocenters. The Kier molecular flexibility index (Phi) is 7.12. The first-order chi connectivity index (χ1) is 17.5. The Hall–Kier alpha value is -4.07. The Bertz CT molecular complexity index is 1310. The maximum absolute atomic E-state index is 13.7. The number of carbonyl (C=O) groups is 1. The van der Waals surface area contributed by atoms with Gasteiger partial charge in [0.15, 0.2) is 0 Å². The smallest absolute Gasteiger partial charge is 0.338 e. The van der Waals surface area contributed by atoms with Crippen LogP contribution >= 0.6 is 0 Å². The molecule has 4 aromatic rings. The monoisotopic (exact) mass is 513 g/mol. The van der Waals surface area contributed by atoms with E-state index >= 15 is 0 Å². The summed E-state index contributed by atoms with van der Waals surface area (Å²) in [4.78, 5) is 13.4. The number of amides is 1. The number of hydrogen-bond acceptors (Lipinski definition) is 1. The van der Waals surface area contributed by atoms with E-state index in [9.17, 15) is 31.1 Å². The number of carbonyl (C=O) groups excluding carboxylic acids is 1. The fourth-order valence-corrected chi connectivity index (χ4v) is 4.24. The normalized spacial score (nSPS) is 12.3. The standard InChI is InChI=1S/C29H21F6NO/c30-28(31,32)24-15-7-13-22(17-24)27(19-20-9-3-1-4-10-20,36-26(37)21-11-5-2-6-12-21)23-14-8-16-25(18-23)29(33,34)35/h1-18H,19H2,(H,36,37). The number of alkyl halides is 6. The number of halogens is 6. The summed E-state index contributed by atoms with van der Waals surface area (Å²) in [6, 6.07) is 25.1. The quantitative estimate of drug-likeness (QED) is 0.264. The number of hydrogen-bond donors (Lipinski definition) is 1. The summed E-state index contributed by atoms with van der Waals surface area (Å²) in [5, 5.41) is 2.81. The number of rotatable bonds is 6. The van der Waals surface area contributed by atoms with E-state index < -0.39 is 34.9 Å². The lowest BCUT2D eigenvalue weighted by Crippen LogP contribution is -2.48. The summed E-state index contributed by atoms with van der Waals surface area (Å²) >= 11 is 0. The van der Waals surface area contributed by atoms with Gasteiger partial charge in [0.1, 0.15) is 0 Å². The minimum atomic E-state index is -4.70. The van der Waals surface area contributed by atoms with E-state index in [0.29, 0.717) is 5.56 Å². The van der Waals surface area contributed by atoms with Crippen LogP contribution in [0.25, 0.3) is 0 Å². The first kappa shape index (κ1) is 26.0. The predicted molar refractivity (Wildman–Crippen MR) is 128 cm³/mol. The molecule has 0 aromatic heterocycles. The van der Waals surface area contributed by atoms with Gasteiger partial charge in [0, 0.05) is 12.0 Å². The molecule has 0 heterocycles. The number of nitrogens with one attached hydrogen (secondary N) is 1. The zero-order valence-corrected chi connectivity index (χ0v) is 19.3. The van der Waals surface area contributed by atoms with Crippen LogP contribution in [0.1, 0.15) is 38.2 Å². The second-order valence-electron chi connectivity index (χ2n) is 8.54. The molecule has 8 heteroatoms. The van der Waals surface area contributed by atoms with Gasteiger partial charge in [-0.05, 0) is 53.1 Å². The molecule has 0 fully saturated rings. The molecule has 0 aliphatic heterocycles. The van der Waals surface area contributed by atoms with E-state index in [1.807, 2.05) is 0 Å². The average Bonchev–Trinajstić information content (AvgIpc) is 2.88. The lowest BCUT2D eigenvalue weighted by atomic mass is 9.76. The zero-order valence-electron chi connectivity index (χ0n) is 19.3. The lowest BCUT2D eigenvalue weighted by molar-refractivity contribution is -0.138. The highest BCUT2D eigenvalue weighted by molar-refractivity contribution is 5.95. The molecule has 0 aliphatic rings. The van der Waals surface area contributed by atoms with Gasteiger partial charge in [-0.25, -0.2) is 0 Å². The third kappa shape index (κ3) is 5.85. The van der Waals surface area contributed by atoms with Crippen molar-refractivity contribution in [3.63, 3.8) is 0 Å². The summed E-state index contributed by atoms with van der Waals surface area (Å²) in [5.74, 6) is -0.647. The summed E-state index contributed by atoms with van der Waals surface area (Å²) < 4.78 is 82.2. The van der Waals surface area contributed by atoms with Crippen molar-refractivity contribution in [2.45, 2.75) is 24.3 Å². The van der Waals surface area contributed by atoms with Gasteiger partial charge in [0.25, 0.3) is 5.91 Å². The highest BCUT2D eigenvalue weighted by Gasteiger charge is 2.41. The molecular formula is C29H21F6NO. The summed E-state index contributed by atoms with van der Waals surface area (Å²) in [6.07, 6.45) is -9.51. The van der Waals surface area contributed by atoms with Crippen LogP contribution in [-0.4, -0.2) is 5.91 Å². The molecule has 0 unspecified atom stereocenters. The Labute approximate surface area is 209 Å². The Morgan fingerprint density at radius 3 is 1.46 bits per heavy atom. The van der Waals surface area contributed by atoms with E-state index in [4.69, 9.17) is 0 Å². The predicted octanol–water partition coefficient (Wildman–Crippen LogP) is 7.64. The molecule has 1 N–H and O–H groups in total. The summed E-state index contributed by atoms with van der Waals surface area (Å²) in [7, 11) is 0. The van der Waals surface area contributed by atoms with Gasteiger partial charge in [0.2, 0.25) is 0 Å². The highest BCUT2D eigenvalue weighted by atomic mass is 19.4. The second kappa shape index (κ2) is 10.1. The van der Waals surface area contributed by atoms with Crippen molar-refractivity contribution >= 4 is 5.91 Å². The van der Waals surface area contributed by atoms with Crippen LogP contribution in [0.4, 0.5) is 26.3 Å². The third-order valence-electron chi connectivity index (χ3n) is 6.04. The summed E-state index contributed by atoms with van der Waals surface area (Å²) in [5.41, 5.74) is -2.93. The van der Waals surface area contributed by atoms with Crippen LogP contribution in [-0.2, 0) is 24.3 Å². The average molecular weight is 513 g/mol. The highest BCUT2D eigenvalue weighted by Crippen LogP contribution is 2.40. The van der Waals surface area contributed by atoms with E-state index in [0.717, 1.165) is 24.3 Å². The van der Waals surface area contributed by atoms with Crippen molar-refractivity contribution in [3.8, 4) is 0 Å². The van der Waals surface area contributed by atoms with Crippen molar-refractivity contribution in [2.75, 3.05) is 0 Å². The van der Waals surface area contributed by atoms with E-state index in [2.05, 4.69) is 5.32 Å². The molecule has 0 saturated heterocycles. The van der Waals surface area contributed by atoms with E-state index in [1.54, 1.807) is 48.5 Å². The van der Waals surface area contributed by atoms with Gasteiger partial charge >= 0.3 is 12.4 Å². The molecular weight excluding hydrogens is 492 g/mol. The Balaban J connectivity index is 2.00. The van der Waals surface area contributed by atoms with Crippen molar-refractivity contribution < 1.29 is 31.1 Å². The van der Waals surface area contributed by atoms with Crippen LogP contribution < -0.4 is 5.32 Å². The minimum absolute atomic E-state index is 0.00483. The van der Waals surface area contributed by atoms with E-state index in [-0.39, 0.29) is 23.1 Å². The van der Waals surface area contributed by atoms with Gasteiger partial charge in [-0.2, -0.15) is 26.3 Å². The molecule has 1 amide bonds. The maximum Gasteiger partial charge on any atom is 0.416 e. The van der Waals surface area contributed by atoms with Gasteiger partial charge in [-0.15, -0.1) is 0 Å². The van der Waals surface area contributed by atoms with Crippen LogP contribution in [0.5, 0.6) is 0 Å². The first-order valence-corrected chi connectivity index (χ1v) is 11.3. The summed E-state index contributed by atoms with van der Waals surface area (Å²) in [6.45, 7) is 0. The third-order valence-corrected chi connectivity index (χ3v) is 6.04. The minimum Gasteiger partial charge on any atom is -0.338 e. The van der Waals surface area contributed by atoms with Gasteiger partial charge in [-0.3, -0.25) is 4.79 Å². The van der Waals surface area contributed by atoms with Gasteiger partial charge in [-0.1, -0.05) is 72.8 Å². The van der Waals surface area contributed by atoms with Crippen LogP contribution in [0.2, 0.25) is 0 Å². The van der Waals surface area contributed by atoms with Crippen molar-refractivity contribution in [1.82, 2.24) is 5.32 Å². The largest absolute Gasteiger partial charge is 0.416 e. The van der Waals surface area contributed by atoms with Crippen LogP contribution in [0.15, 0.2) is 109 Å². The first-order valence-electron chi connectivity index (χ1n) is 11.3. The maximum atomic E-state index is 13.7. The lowest BCUT2D eigenvalue weighted by Gasteiger charge is -2.37. The molecule has 0 spiro atoms. The van der Waals surface area contributed by atoms with Crippen molar-refractivity contribution in [2.24, 2.45) is 0 Å². The molecule has 37 heavy (non-hydrogen) atoms. The fourth-order valence-electron chi connectivity index (χ4n) is 4.24. The van der Waals surface area contributed by atoms with Crippen LogP contribution in [0.3, 0.4) is 0 Å². The SMILES string of the molecule is O=C(NC(Cc1ccccc1)(c1cccc(C(F)(F)F)c1)c1cccc(C(F)(F)F)c1)c1ccccc1. The fraction of sp³-hybridized carbons (Fsp3) is 0.138. The molecule has 4 aromatic carbocycles. The molecule has 0 aliphatic carbocycles. The van der Waals surface area contributed by atoms with Gasteiger partial charge in [0.05, 0.1) is 16.7 Å². The Morgan fingerprint density at radius 2 is 1.00 bits per heavy atom. The molecule has 190 valence electrons.